The molecule has 0 unspecified atom stereocenters. The van der Waals surface area contributed by atoms with E-state index in [9.17, 15) is 4.39 Å². The quantitative estimate of drug-likeness (QED) is 0.899. The van der Waals surface area contributed by atoms with Crippen LogP contribution in [-0.4, -0.2) is 16.2 Å². The molecule has 0 spiro atoms. The zero-order valence-electron chi connectivity index (χ0n) is 11.1. The van der Waals surface area contributed by atoms with Gasteiger partial charge in [0.1, 0.15) is 5.82 Å². The minimum absolute atomic E-state index is 0.184. The van der Waals surface area contributed by atoms with E-state index < -0.39 is 0 Å². The van der Waals surface area contributed by atoms with Gasteiger partial charge in [0, 0.05) is 31.9 Å². The van der Waals surface area contributed by atoms with Gasteiger partial charge in [-0.1, -0.05) is 6.07 Å². The Kier molecular flexibility index (Phi) is 4.16. The van der Waals surface area contributed by atoms with Gasteiger partial charge in [0.2, 0.25) is 0 Å². The van der Waals surface area contributed by atoms with Crippen LogP contribution in [0.1, 0.15) is 24.4 Å². The number of nitrogens with zero attached hydrogens (tertiary/aromatic N) is 2. The molecule has 0 fully saturated rings. The molecule has 102 valence electrons. The number of hydrogen-bond donors (Lipinski definition) is 1. The summed E-state index contributed by atoms with van der Waals surface area (Å²) in [5.41, 5.74) is 6.45. The van der Waals surface area contributed by atoms with Crippen LogP contribution in [0.4, 0.5) is 4.39 Å². The second kappa shape index (κ2) is 5.84. The Balaban J connectivity index is 1.95. The first-order valence-electron chi connectivity index (χ1n) is 6.22. The molecule has 0 bridgehead atoms. The van der Waals surface area contributed by atoms with Gasteiger partial charge < -0.3 is 15.0 Å². The van der Waals surface area contributed by atoms with Crippen LogP contribution in [0.2, 0.25) is 0 Å². The average Bonchev–Trinajstić information content (AvgIpc) is 2.77. The molecule has 1 aromatic carbocycles. The highest BCUT2D eigenvalue weighted by atomic mass is 19.1. The number of halogens is 1. The van der Waals surface area contributed by atoms with Crippen LogP contribution in [0.5, 0.6) is 5.75 Å². The fourth-order valence-electron chi connectivity index (χ4n) is 1.81. The monoisotopic (exact) mass is 263 g/mol. The number of aromatic nitrogens is 2. The van der Waals surface area contributed by atoms with Crippen molar-refractivity contribution >= 4 is 0 Å². The van der Waals surface area contributed by atoms with Crippen LogP contribution in [-0.2, 0) is 13.5 Å². The Bertz CT molecular complexity index is 551. The molecular weight excluding hydrogens is 245 g/mol. The van der Waals surface area contributed by atoms with E-state index in [-0.39, 0.29) is 17.6 Å². The number of hydrogen-bond acceptors (Lipinski definition) is 3. The highest BCUT2D eigenvalue weighted by Crippen LogP contribution is 2.21. The van der Waals surface area contributed by atoms with Crippen LogP contribution in [0, 0.1) is 5.82 Å². The third kappa shape index (κ3) is 3.32. The molecule has 0 radical (unpaired) electrons. The van der Waals surface area contributed by atoms with Crippen molar-refractivity contribution in [3.63, 3.8) is 0 Å². The first kappa shape index (κ1) is 13.5. The summed E-state index contributed by atoms with van der Waals surface area (Å²) < 4.78 is 21.1. The SMILES string of the molecule is C[C@H](N)c1ccc(OCCc2nccn2C)c(F)c1. The molecule has 0 aliphatic heterocycles. The molecule has 19 heavy (non-hydrogen) atoms. The van der Waals surface area contributed by atoms with Crippen molar-refractivity contribution in [3.05, 3.63) is 47.8 Å². The molecule has 1 aromatic heterocycles. The van der Waals surface area contributed by atoms with Gasteiger partial charge in [-0.2, -0.15) is 0 Å². The second-order valence-corrected chi connectivity index (χ2v) is 4.53. The second-order valence-electron chi connectivity index (χ2n) is 4.53. The van der Waals surface area contributed by atoms with E-state index in [1.165, 1.54) is 6.07 Å². The van der Waals surface area contributed by atoms with Crippen LogP contribution in [0.3, 0.4) is 0 Å². The first-order chi connectivity index (χ1) is 9.08. The van der Waals surface area contributed by atoms with Gasteiger partial charge in [-0.3, -0.25) is 0 Å². The molecule has 1 atom stereocenters. The summed E-state index contributed by atoms with van der Waals surface area (Å²) in [5.74, 6) is 0.779. The van der Waals surface area contributed by atoms with Gasteiger partial charge in [0.05, 0.1) is 6.61 Å². The standard InChI is InChI=1S/C14H18FN3O/c1-10(16)11-3-4-13(12(15)9-11)19-8-5-14-17-6-7-18(14)2/h3-4,6-7,9-10H,5,8,16H2,1-2H3/t10-/m0/s1. The lowest BCUT2D eigenvalue weighted by molar-refractivity contribution is 0.301. The maximum Gasteiger partial charge on any atom is 0.165 e. The molecule has 2 aromatic rings. The van der Waals surface area contributed by atoms with Crippen LogP contribution < -0.4 is 10.5 Å². The summed E-state index contributed by atoms with van der Waals surface area (Å²) in [4.78, 5) is 4.18. The Hall–Kier alpha value is -1.88. The number of rotatable bonds is 5. The van der Waals surface area contributed by atoms with E-state index in [0.717, 1.165) is 11.4 Å². The highest BCUT2D eigenvalue weighted by Gasteiger charge is 2.08. The van der Waals surface area contributed by atoms with Crippen molar-refractivity contribution < 1.29 is 9.13 Å². The lowest BCUT2D eigenvalue weighted by Crippen LogP contribution is -2.08. The zero-order valence-corrected chi connectivity index (χ0v) is 11.1. The minimum Gasteiger partial charge on any atom is -0.490 e. The van der Waals surface area contributed by atoms with Crippen molar-refractivity contribution in [2.75, 3.05) is 6.61 Å². The van der Waals surface area contributed by atoms with Gasteiger partial charge in [-0.25, -0.2) is 9.37 Å². The Morgan fingerprint density at radius 3 is 2.84 bits per heavy atom. The first-order valence-corrected chi connectivity index (χ1v) is 6.22. The molecule has 0 amide bonds. The molecule has 4 nitrogen and oxygen atoms in total. The summed E-state index contributed by atoms with van der Waals surface area (Å²) in [6, 6.07) is 4.63. The maximum atomic E-state index is 13.8. The largest absolute Gasteiger partial charge is 0.490 e. The lowest BCUT2D eigenvalue weighted by Gasteiger charge is -2.10. The summed E-state index contributed by atoms with van der Waals surface area (Å²) in [7, 11) is 1.92. The summed E-state index contributed by atoms with van der Waals surface area (Å²) in [5, 5.41) is 0. The van der Waals surface area contributed by atoms with Gasteiger partial charge >= 0.3 is 0 Å². The fourth-order valence-corrected chi connectivity index (χ4v) is 1.81. The molecule has 0 saturated heterocycles. The molecule has 5 heteroatoms. The van der Waals surface area contributed by atoms with Gasteiger partial charge in [-0.15, -0.1) is 0 Å². The predicted molar refractivity (Wildman–Crippen MR) is 71.4 cm³/mol. The number of aryl methyl sites for hydroxylation is 1. The van der Waals surface area contributed by atoms with Crippen molar-refractivity contribution in [1.82, 2.24) is 9.55 Å². The normalized spacial score (nSPS) is 12.4. The Morgan fingerprint density at radius 2 is 2.26 bits per heavy atom. The lowest BCUT2D eigenvalue weighted by atomic mass is 10.1. The fraction of sp³-hybridized carbons (Fsp3) is 0.357. The average molecular weight is 263 g/mol. The van der Waals surface area contributed by atoms with Gasteiger partial charge in [-0.05, 0) is 24.6 Å². The third-order valence-electron chi connectivity index (χ3n) is 2.99. The predicted octanol–water partition coefficient (Wildman–Crippen LogP) is 2.20. The highest BCUT2D eigenvalue weighted by molar-refractivity contribution is 5.30. The topological polar surface area (TPSA) is 53.1 Å². The Labute approximate surface area is 112 Å². The Morgan fingerprint density at radius 1 is 1.47 bits per heavy atom. The smallest absolute Gasteiger partial charge is 0.165 e. The molecular formula is C14H18FN3O. The van der Waals surface area contributed by atoms with E-state index in [1.807, 2.05) is 24.7 Å². The van der Waals surface area contributed by atoms with Crippen molar-refractivity contribution in [2.45, 2.75) is 19.4 Å². The van der Waals surface area contributed by atoms with E-state index in [4.69, 9.17) is 10.5 Å². The minimum atomic E-state index is -0.380. The molecule has 2 rings (SSSR count). The van der Waals surface area contributed by atoms with Crippen molar-refractivity contribution in [3.8, 4) is 5.75 Å². The number of nitrogens with two attached hydrogens (primary N) is 1. The maximum absolute atomic E-state index is 13.8. The van der Waals surface area contributed by atoms with E-state index in [1.54, 1.807) is 18.3 Å². The molecule has 1 heterocycles. The number of ether oxygens (including phenoxy) is 1. The number of imidazole rings is 1. The number of benzene rings is 1. The van der Waals surface area contributed by atoms with E-state index in [2.05, 4.69) is 4.98 Å². The summed E-state index contributed by atoms with van der Waals surface area (Å²) >= 11 is 0. The molecule has 0 saturated carbocycles. The third-order valence-corrected chi connectivity index (χ3v) is 2.99. The van der Waals surface area contributed by atoms with Crippen LogP contribution in [0.15, 0.2) is 30.6 Å². The molecule has 2 N–H and O–H groups in total. The van der Waals surface area contributed by atoms with E-state index >= 15 is 0 Å². The summed E-state index contributed by atoms with van der Waals surface area (Å²) in [6.07, 6.45) is 4.23. The van der Waals surface area contributed by atoms with Crippen LogP contribution >= 0.6 is 0 Å². The zero-order chi connectivity index (χ0) is 13.8. The van der Waals surface area contributed by atoms with Gasteiger partial charge in [0.15, 0.2) is 11.6 Å². The van der Waals surface area contributed by atoms with Crippen molar-refractivity contribution in [1.29, 1.82) is 0 Å². The molecule has 0 aliphatic carbocycles. The molecule has 0 aliphatic rings. The van der Waals surface area contributed by atoms with Gasteiger partial charge in [0.25, 0.3) is 0 Å². The van der Waals surface area contributed by atoms with Crippen molar-refractivity contribution in [2.24, 2.45) is 12.8 Å². The summed E-state index contributed by atoms with van der Waals surface area (Å²) in [6.45, 7) is 2.20. The van der Waals surface area contributed by atoms with Crippen LogP contribution in [0.25, 0.3) is 0 Å². The van der Waals surface area contributed by atoms with E-state index in [0.29, 0.717) is 13.0 Å².